The Labute approximate surface area is 137 Å². The van der Waals surface area contributed by atoms with E-state index in [1.807, 2.05) is 12.1 Å². The molecule has 1 aliphatic carbocycles. The van der Waals surface area contributed by atoms with Gasteiger partial charge in [0.1, 0.15) is 13.2 Å². The van der Waals surface area contributed by atoms with Crippen molar-refractivity contribution < 1.29 is 17.9 Å². The van der Waals surface area contributed by atoms with Crippen molar-refractivity contribution in [3.63, 3.8) is 0 Å². The molecule has 0 bridgehead atoms. The highest BCUT2D eigenvalue weighted by Gasteiger charge is 2.42. The van der Waals surface area contributed by atoms with Crippen LogP contribution in [0.5, 0.6) is 11.5 Å². The topological polar surface area (TPSA) is 55.8 Å². The summed E-state index contributed by atoms with van der Waals surface area (Å²) in [5, 5.41) is -0.179. The number of nitrogens with zero attached hydrogens (tertiary/aromatic N) is 1. The lowest BCUT2D eigenvalue weighted by Gasteiger charge is -2.43. The Morgan fingerprint density at radius 3 is 2.87 bits per heavy atom. The van der Waals surface area contributed by atoms with Crippen LogP contribution in [0.25, 0.3) is 0 Å². The van der Waals surface area contributed by atoms with Crippen molar-refractivity contribution in [1.29, 1.82) is 0 Å². The number of ether oxygens (including phenoxy) is 2. The molecule has 1 aromatic rings. The van der Waals surface area contributed by atoms with Crippen molar-refractivity contribution in [2.75, 3.05) is 25.5 Å². The highest BCUT2D eigenvalue weighted by Crippen LogP contribution is 2.37. The summed E-state index contributed by atoms with van der Waals surface area (Å²) in [4.78, 5) is 2.35. The lowest BCUT2D eigenvalue weighted by atomic mass is 9.93. The quantitative estimate of drug-likeness (QED) is 0.826. The molecule has 0 amide bonds. The molecule has 2 fully saturated rings. The van der Waals surface area contributed by atoms with Crippen LogP contribution in [0.3, 0.4) is 0 Å². The van der Waals surface area contributed by atoms with Crippen LogP contribution < -0.4 is 9.47 Å². The van der Waals surface area contributed by atoms with E-state index in [0.717, 1.165) is 49.3 Å². The maximum Gasteiger partial charge on any atom is 0.165 e. The average molecular weight is 337 g/mol. The molecule has 2 heterocycles. The third kappa shape index (κ3) is 2.83. The monoisotopic (exact) mass is 337 g/mol. The molecular weight excluding hydrogens is 314 g/mol. The number of rotatable bonds is 2. The highest BCUT2D eigenvalue weighted by molar-refractivity contribution is 7.92. The van der Waals surface area contributed by atoms with E-state index in [2.05, 4.69) is 11.0 Å². The third-order valence-electron chi connectivity index (χ3n) is 5.28. The van der Waals surface area contributed by atoms with Crippen LogP contribution in [0.2, 0.25) is 0 Å². The third-order valence-corrected chi connectivity index (χ3v) is 7.51. The zero-order valence-electron chi connectivity index (χ0n) is 13.2. The van der Waals surface area contributed by atoms with E-state index in [0.29, 0.717) is 19.8 Å². The molecule has 2 atom stereocenters. The molecule has 0 radical (unpaired) electrons. The molecule has 6 heteroatoms. The van der Waals surface area contributed by atoms with E-state index < -0.39 is 9.84 Å². The number of sulfone groups is 1. The van der Waals surface area contributed by atoms with Gasteiger partial charge < -0.3 is 9.47 Å². The smallest absolute Gasteiger partial charge is 0.165 e. The average Bonchev–Trinajstić information content (AvgIpc) is 2.58. The molecule has 3 aliphatic rings. The molecule has 2 unspecified atom stereocenters. The summed E-state index contributed by atoms with van der Waals surface area (Å²) in [5.74, 6) is 1.92. The maximum atomic E-state index is 12.4. The first-order valence-corrected chi connectivity index (χ1v) is 10.2. The van der Waals surface area contributed by atoms with Crippen LogP contribution in [-0.4, -0.2) is 50.1 Å². The SMILES string of the molecule is O=S1(=O)CCN(Cc2cccc3c2OCCO3)C2CCCCC21. The molecule has 1 saturated carbocycles. The normalized spacial score (nSPS) is 29.7. The van der Waals surface area contributed by atoms with Crippen molar-refractivity contribution in [3.8, 4) is 11.5 Å². The molecule has 0 N–H and O–H groups in total. The predicted octanol–water partition coefficient (Wildman–Crippen LogP) is 2.00. The van der Waals surface area contributed by atoms with E-state index >= 15 is 0 Å². The number of fused-ring (bicyclic) bond motifs is 2. The molecule has 4 rings (SSSR count). The number of hydrogen-bond donors (Lipinski definition) is 0. The van der Waals surface area contributed by atoms with Gasteiger partial charge in [-0.05, 0) is 18.9 Å². The zero-order chi connectivity index (χ0) is 15.9. The Hall–Kier alpha value is -1.27. The molecular formula is C17H23NO4S. The van der Waals surface area contributed by atoms with Crippen LogP contribution in [-0.2, 0) is 16.4 Å². The molecule has 2 aliphatic heterocycles. The Bertz CT molecular complexity index is 688. The second-order valence-electron chi connectivity index (χ2n) is 6.67. The molecule has 126 valence electrons. The van der Waals surface area contributed by atoms with Crippen molar-refractivity contribution in [3.05, 3.63) is 23.8 Å². The van der Waals surface area contributed by atoms with Gasteiger partial charge in [-0.3, -0.25) is 4.90 Å². The van der Waals surface area contributed by atoms with Crippen molar-refractivity contribution in [1.82, 2.24) is 4.90 Å². The second-order valence-corrected chi connectivity index (χ2v) is 9.01. The van der Waals surface area contributed by atoms with E-state index in [1.54, 1.807) is 0 Å². The first-order chi connectivity index (χ1) is 11.1. The second kappa shape index (κ2) is 5.98. The predicted molar refractivity (Wildman–Crippen MR) is 87.7 cm³/mol. The summed E-state index contributed by atoms with van der Waals surface area (Å²) in [6.07, 6.45) is 3.96. The molecule has 0 aromatic heterocycles. The van der Waals surface area contributed by atoms with Crippen LogP contribution >= 0.6 is 0 Å². The van der Waals surface area contributed by atoms with E-state index in [1.165, 1.54) is 0 Å². The van der Waals surface area contributed by atoms with E-state index in [4.69, 9.17) is 9.47 Å². The van der Waals surface area contributed by atoms with Crippen LogP contribution in [0.1, 0.15) is 31.2 Å². The fourth-order valence-corrected chi connectivity index (χ4v) is 6.25. The fourth-order valence-electron chi connectivity index (χ4n) is 4.15. The van der Waals surface area contributed by atoms with Gasteiger partial charge in [-0.1, -0.05) is 25.0 Å². The van der Waals surface area contributed by atoms with Crippen molar-refractivity contribution in [2.45, 2.75) is 43.5 Å². The molecule has 23 heavy (non-hydrogen) atoms. The first-order valence-electron chi connectivity index (χ1n) is 8.48. The largest absolute Gasteiger partial charge is 0.486 e. The summed E-state index contributed by atoms with van der Waals surface area (Å²) in [6, 6.07) is 6.14. The summed E-state index contributed by atoms with van der Waals surface area (Å²) in [6.45, 7) is 2.52. The van der Waals surface area contributed by atoms with Crippen LogP contribution in [0, 0.1) is 0 Å². The van der Waals surface area contributed by atoms with Gasteiger partial charge >= 0.3 is 0 Å². The Morgan fingerprint density at radius 2 is 1.96 bits per heavy atom. The number of hydrogen-bond acceptors (Lipinski definition) is 5. The van der Waals surface area contributed by atoms with Crippen molar-refractivity contribution >= 4 is 9.84 Å². The maximum absolute atomic E-state index is 12.4. The highest BCUT2D eigenvalue weighted by atomic mass is 32.2. The van der Waals surface area contributed by atoms with Gasteiger partial charge in [-0.25, -0.2) is 8.42 Å². The molecule has 0 spiro atoms. The lowest BCUT2D eigenvalue weighted by Crippen LogP contribution is -2.55. The van der Waals surface area contributed by atoms with Gasteiger partial charge in [-0.15, -0.1) is 0 Å². The zero-order valence-corrected chi connectivity index (χ0v) is 14.1. The van der Waals surface area contributed by atoms with Gasteiger partial charge in [0, 0.05) is 24.7 Å². The molecule has 1 saturated heterocycles. The minimum atomic E-state index is -2.92. The Balaban J connectivity index is 1.59. The standard InChI is InChI=1S/C17H23NO4S/c19-23(20)11-8-18(14-5-1-2-7-16(14)23)12-13-4-3-6-15-17(13)22-10-9-21-15/h3-4,6,14,16H,1-2,5,7-12H2. The summed E-state index contributed by atoms with van der Waals surface area (Å²) in [5.41, 5.74) is 1.10. The summed E-state index contributed by atoms with van der Waals surface area (Å²) < 4.78 is 36.2. The minimum Gasteiger partial charge on any atom is -0.486 e. The number of benzene rings is 1. The van der Waals surface area contributed by atoms with Gasteiger partial charge in [0.05, 0.1) is 11.0 Å². The summed E-state index contributed by atoms with van der Waals surface area (Å²) >= 11 is 0. The van der Waals surface area contributed by atoms with Gasteiger partial charge in [0.15, 0.2) is 21.3 Å². The van der Waals surface area contributed by atoms with E-state index in [9.17, 15) is 8.42 Å². The lowest BCUT2D eigenvalue weighted by molar-refractivity contribution is 0.139. The fraction of sp³-hybridized carbons (Fsp3) is 0.647. The minimum absolute atomic E-state index is 0.155. The number of para-hydroxylation sites is 1. The first kappa shape index (κ1) is 15.3. The summed E-state index contributed by atoms with van der Waals surface area (Å²) in [7, 11) is -2.92. The van der Waals surface area contributed by atoms with Gasteiger partial charge in [-0.2, -0.15) is 0 Å². The Morgan fingerprint density at radius 1 is 1.13 bits per heavy atom. The molecule has 1 aromatic carbocycles. The van der Waals surface area contributed by atoms with Gasteiger partial charge in [0.2, 0.25) is 0 Å². The van der Waals surface area contributed by atoms with Crippen LogP contribution in [0.15, 0.2) is 18.2 Å². The van der Waals surface area contributed by atoms with Crippen LogP contribution in [0.4, 0.5) is 0 Å². The Kier molecular flexibility index (Phi) is 3.97. The van der Waals surface area contributed by atoms with E-state index in [-0.39, 0.29) is 17.0 Å². The van der Waals surface area contributed by atoms with Gasteiger partial charge in [0.25, 0.3) is 0 Å². The molecule has 5 nitrogen and oxygen atoms in total. The van der Waals surface area contributed by atoms with Crippen molar-refractivity contribution in [2.24, 2.45) is 0 Å².